The van der Waals surface area contributed by atoms with Crippen molar-refractivity contribution in [3.8, 4) is 6.19 Å². The van der Waals surface area contributed by atoms with Crippen LogP contribution in [0.2, 0.25) is 0 Å². The van der Waals surface area contributed by atoms with E-state index < -0.39 is 0 Å². The van der Waals surface area contributed by atoms with Gasteiger partial charge in [-0.3, -0.25) is 9.89 Å². The maximum absolute atomic E-state index is 8.79. The molecule has 0 radical (unpaired) electrons. The minimum Gasteiger partial charge on any atom is -0.278 e. The van der Waals surface area contributed by atoms with Crippen LogP contribution in [-0.2, 0) is 0 Å². The van der Waals surface area contributed by atoms with Gasteiger partial charge < -0.3 is 0 Å². The van der Waals surface area contributed by atoms with Crippen molar-refractivity contribution in [3.63, 3.8) is 0 Å². The van der Waals surface area contributed by atoms with Gasteiger partial charge in [-0.25, -0.2) is 0 Å². The predicted molar refractivity (Wildman–Crippen MR) is 50.0 cm³/mol. The molecular weight excluding hydrogens is 162 g/mol. The molecule has 1 aromatic rings. The average molecular weight is 171 g/mol. The zero-order valence-corrected chi connectivity index (χ0v) is 7.09. The van der Waals surface area contributed by atoms with Crippen molar-refractivity contribution in [2.75, 3.05) is 6.54 Å². The first-order chi connectivity index (χ1) is 6.42. The topological polar surface area (TPSA) is 39.4 Å². The van der Waals surface area contributed by atoms with Crippen LogP contribution in [-0.4, -0.2) is 17.7 Å². The van der Waals surface area contributed by atoms with Gasteiger partial charge in [-0.05, 0) is 5.56 Å². The number of hydrogen-bond acceptors (Lipinski definition) is 3. The van der Waals surface area contributed by atoms with Crippen molar-refractivity contribution in [2.24, 2.45) is 4.99 Å². The Morgan fingerprint density at radius 1 is 1.38 bits per heavy atom. The fourth-order valence-corrected chi connectivity index (χ4v) is 1.40. The molecular formula is C10H9N3. The molecule has 0 aliphatic carbocycles. The minimum absolute atomic E-state index is 0.105. The van der Waals surface area contributed by atoms with Crippen molar-refractivity contribution in [3.05, 3.63) is 35.9 Å². The molecule has 0 aromatic heterocycles. The molecule has 1 heterocycles. The monoisotopic (exact) mass is 171 g/mol. The second-order valence-electron chi connectivity index (χ2n) is 2.87. The molecule has 64 valence electrons. The van der Waals surface area contributed by atoms with Gasteiger partial charge in [-0.15, -0.1) is 0 Å². The molecule has 1 unspecified atom stereocenters. The smallest absolute Gasteiger partial charge is 0.181 e. The van der Waals surface area contributed by atoms with Crippen LogP contribution >= 0.6 is 0 Å². The van der Waals surface area contributed by atoms with Gasteiger partial charge in [-0.1, -0.05) is 30.3 Å². The molecule has 0 fully saturated rings. The van der Waals surface area contributed by atoms with E-state index in [9.17, 15) is 0 Å². The van der Waals surface area contributed by atoms with Gasteiger partial charge in [0.15, 0.2) is 12.4 Å². The summed E-state index contributed by atoms with van der Waals surface area (Å²) in [6.45, 7) is 0.621. The normalized spacial score (nSPS) is 20.2. The molecule has 0 saturated carbocycles. The molecule has 1 aliphatic heterocycles. The standard InChI is InChI=1S/C10H9N3/c11-8-13-7-6-12-10(13)9-4-2-1-3-5-9/h1-6,10H,7H2. The minimum atomic E-state index is -0.105. The molecule has 1 aliphatic rings. The van der Waals surface area contributed by atoms with Gasteiger partial charge in [0.25, 0.3) is 0 Å². The zero-order chi connectivity index (χ0) is 9.10. The molecule has 0 N–H and O–H groups in total. The molecule has 3 heteroatoms. The van der Waals surface area contributed by atoms with Gasteiger partial charge in [0.1, 0.15) is 0 Å². The fourth-order valence-electron chi connectivity index (χ4n) is 1.40. The molecule has 1 atom stereocenters. The second kappa shape index (κ2) is 3.28. The van der Waals surface area contributed by atoms with E-state index >= 15 is 0 Å². The van der Waals surface area contributed by atoms with E-state index in [0.29, 0.717) is 6.54 Å². The molecule has 0 saturated heterocycles. The summed E-state index contributed by atoms with van der Waals surface area (Å²) in [7, 11) is 0. The van der Waals surface area contributed by atoms with E-state index in [4.69, 9.17) is 5.26 Å². The Morgan fingerprint density at radius 2 is 2.15 bits per heavy atom. The molecule has 0 spiro atoms. The van der Waals surface area contributed by atoms with E-state index in [1.54, 1.807) is 11.1 Å². The Bertz CT molecular complexity index is 350. The molecule has 0 amide bonds. The third-order valence-electron chi connectivity index (χ3n) is 2.05. The number of benzene rings is 1. The van der Waals surface area contributed by atoms with Gasteiger partial charge >= 0.3 is 0 Å². The number of hydrogen-bond donors (Lipinski definition) is 0. The summed E-state index contributed by atoms with van der Waals surface area (Å²) in [4.78, 5) is 5.88. The van der Waals surface area contributed by atoms with Gasteiger partial charge in [0.05, 0.1) is 6.54 Å². The first-order valence-corrected chi connectivity index (χ1v) is 4.15. The summed E-state index contributed by atoms with van der Waals surface area (Å²) in [5.74, 6) is 0. The zero-order valence-electron chi connectivity index (χ0n) is 7.09. The first kappa shape index (κ1) is 7.81. The molecule has 0 bridgehead atoms. The first-order valence-electron chi connectivity index (χ1n) is 4.15. The summed E-state index contributed by atoms with van der Waals surface area (Å²) >= 11 is 0. The Morgan fingerprint density at radius 3 is 2.85 bits per heavy atom. The van der Waals surface area contributed by atoms with Crippen LogP contribution < -0.4 is 0 Å². The average Bonchev–Trinajstić information content (AvgIpc) is 2.67. The maximum atomic E-state index is 8.79. The highest BCUT2D eigenvalue weighted by Gasteiger charge is 2.20. The van der Waals surface area contributed by atoms with Crippen LogP contribution in [0.5, 0.6) is 0 Å². The van der Waals surface area contributed by atoms with Crippen LogP contribution in [0.4, 0.5) is 0 Å². The van der Waals surface area contributed by atoms with Gasteiger partial charge in [0.2, 0.25) is 0 Å². The third-order valence-corrected chi connectivity index (χ3v) is 2.05. The highest BCUT2D eigenvalue weighted by Crippen LogP contribution is 2.23. The Hall–Kier alpha value is -1.82. The van der Waals surface area contributed by atoms with E-state index in [2.05, 4.69) is 11.2 Å². The lowest BCUT2D eigenvalue weighted by molar-refractivity contribution is 0.369. The van der Waals surface area contributed by atoms with E-state index in [-0.39, 0.29) is 6.17 Å². The molecule has 1 aromatic carbocycles. The van der Waals surface area contributed by atoms with Crippen molar-refractivity contribution in [1.29, 1.82) is 5.26 Å². The summed E-state index contributed by atoms with van der Waals surface area (Å²) in [6.07, 6.45) is 3.79. The summed E-state index contributed by atoms with van der Waals surface area (Å²) < 4.78 is 0. The third kappa shape index (κ3) is 1.38. The van der Waals surface area contributed by atoms with Crippen LogP contribution in [0.1, 0.15) is 11.7 Å². The number of aliphatic imine (C=N–C) groups is 1. The predicted octanol–water partition coefficient (Wildman–Crippen LogP) is 1.55. The highest BCUT2D eigenvalue weighted by molar-refractivity contribution is 5.63. The fraction of sp³-hybridized carbons (Fsp3) is 0.200. The lowest BCUT2D eigenvalue weighted by Crippen LogP contribution is -2.18. The lowest BCUT2D eigenvalue weighted by atomic mass is 10.2. The Kier molecular flexibility index (Phi) is 1.97. The van der Waals surface area contributed by atoms with Crippen LogP contribution in [0.15, 0.2) is 35.3 Å². The maximum Gasteiger partial charge on any atom is 0.181 e. The second-order valence-corrected chi connectivity index (χ2v) is 2.87. The van der Waals surface area contributed by atoms with E-state index in [0.717, 1.165) is 5.56 Å². The number of nitriles is 1. The highest BCUT2D eigenvalue weighted by atomic mass is 15.3. The van der Waals surface area contributed by atoms with E-state index in [1.165, 1.54) is 0 Å². The van der Waals surface area contributed by atoms with Crippen LogP contribution in [0, 0.1) is 11.5 Å². The molecule has 13 heavy (non-hydrogen) atoms. The van der Waals surface area contributed by atoms with E-state index in [1.807, 2.05) is 30.3 Å². The summed E-state index contributed by atoms with van der Waals surface area (Å²) in [5.41, 5.74) is 1.07. The summed E-state index contributed by atoms with van der Waals surface area (Å²) in [5, 5.41) is 8.79. The van der Waals surface area contributed by atoms with Gasteiger partial charge in [-0.2, -0.15) is 5.26 Å². The van der Waals surface area contributed by atoms with Crippen LogP contribution in [0.25, 0.3) is 0 Å². The number of rotatable bonds is 1. The van der Waals surface area contributed by atoms with Crippen molar-refractivity contribution in [2.45, 2.75) is 6.17 Å². The van der Waals surface area contributed by atoms with Gasteiger partial charge in [0, 0.05) is 6.21 Å². The number of nitrogens with zero attached hydrogens (tertiary/aromatic N) is 3. The largest absolute Gasteiger partial charge is 0.278 e. The van der Waals surface area contributed by atoms with Crippen molar-refractivity contribution in [1.82, 2.24) is 4.90 Å². The summed E-state index contributed by atoms with van der Waals surface area (Å²) in [6, 6.07) is 9.84. The van der Waals surface area contributed by atoms with Crippen molar-refractivity contribution >= 4 is 6.21 Å². The van der Waals surface area contributed by atoms with Crippen LogP contribution in [0.3, 0.4) is 0 Å². The Labute approximate surface area is 76.9 Å². The molecule has 2 rings (SSSR count). The molecule has 3 nitrogen and oxygen atoms in total. The Balaban J connectivity index is 2.27. The van der Waals surface area contributed by atoms with Crippen molar-refractivity contribution < 1.29 is 0 Å². The SMILES string of the molecule is N#CN1CC=NC1c1ccccc1. The quantitative estimate of drug-likeness (QED) is 0.601. The lowest BCUT2D eigenvalue weighted by Gasteiger charge is -2.16.